The van der Waals surface area contributed by atoms with Gasteiger partial charge in [-0.15, -0.1) is 6.58 Å². The van der Waals surface area contributed by atoms with Gasteiger partial charge in [-0.3, -0.25) is 14.9 Å². The monoisotopic (exact) mass is 938 g/mol. The number of benzene rings is 3. The third kappa shape index (κ3) is 11.9. The van der Waals surface area contributed by atoms with Crippen molar-refractivity contribution >= 4 is 17.3 Å². The summed E-state index contributed by atoms with van der Waals surface area (Å²) in [6, 6.07) is 16.9. The van der Waals surface area contributed by atoms with Gasteiger partial charge in [0.05, 0.1) is 29.2 Å². The molecule has 2 heterocycles. The molecule has 0 aromatic heterocycles. The molecule has 0 saturated heterocycles. The number of fused-ring (bicyclic) bond motifs is 3. The number of non-ortho nitro benzene ring substituents is 1. The Kier molecular flexibility index (Phi) is 18.3. The van der Waals surface area contributed by atoms with Crippen LogP contribution in [0.1, 0.15) is 133 Å². The van der Waals surface area contributed by atoms with Crippen molar-refractivity contribution in [1.29, 1.82) is 0 Å². The van der Waals surface area contributed by atoms with Gasteiger partial charge < -0.3 is 43.6 Å². The van der Waals surface area contributed by atoms with E-state index in [9.17, 15) is 20.3 Å². The number of rotatable bonds is 28. The molecular formula is C54H71N3O11. The van der Waals surface area contributed by atoms with Crippen molar-refractivity contribution in [2.45, 2.75) is 140 Å². The third-order valence-electron chi connectivity index (χ3n) is 14.1. The second-order valence-electron chi connectivity index (χ2n) is 18.6. The van der Waals surface area contributed by atoms with E-state index in [4.69, 9.17) is 33.7 Å². The van der Waals surface area contributed by atoms with Crippen molar-refractivity contribution in [3.8, 4) is 28.7 Å². The molecule has 2 N–H and O–H groups in total. The molecule has 2 aliphatic heterocycles. The van der Waals surface area contributed by atoms with Gasteiger partial charge in [0.15, 0.2) is 11.5 Å². The number of carbonyl (C=O) groups is 1. The zero-order valence-electron chi connectivity index (χ0n) is 40.0. The highest BCUT2D eigenvalue weighted by atomic mass is 16.7. The van der Waals surface area contributed by atoms with Crippen LogP contribution in [0.15, 0.2) is 90.1 Å². The first-order valence-corrected chi connectivity index (χ1v) is 25.0. The molecule has 14 heteroatoms. The summed E-state index contributed by atoms with van der Waals surface area (Å²) < 4.78 is 32.5. The Morgan fingerprint density at radius 2 is 1.62 bits per heavy atom. The Bertz CT molecular complexity index is 2230. The lowest BCUT2D eigenvalue weighted by Gasteiger charge is -2.60. The Balaban J connectivity index is 1.35. The summed E-state index contributed by atoms with van der Waals surface area (Å²) in [7, 11) is 1.54. The minimum atomic E-state index is -1.44. The summed E-state index contributed by atoms with van der Waals surface area (Å²) in [5.74, 6) is 0.443. The number of amides is 1. The fourth-order valence-electron chi connectivity index (χ4n) is 11.0. The first kappa shape index (κ1) is 50.4. The third-order valence-corrected chi connectivity index (χ3v) is 14.1. The molecule has 4 aliphatic rings. The van der Waals surface area contributed by atoms with E-state index in [1.54, 1.807) is 31.4 Å². The van der Waals surface area contributed by atoms with E-state index in [1.165, 1.54) is 44.2 Å². The molecule has 3 aromatic rings. The number of nitro benzene ring substituents is 1. The van der Waals surface area contributed by atoms with Crippen molar-refractivity contribution in [2.75, 3.05) is 33.7 Å². The number of unbranched alkanes of at least 4 members (excludes halogenated alkanes) is 10. The van der Waals surface area contributed by atoms with Crippen LogP contribution in [0.2, 0.25) is 0 Å². The van der Waals surface area contributed by atoms with E-state index in [-0.39, 0.29) is 68.9 Å². The number of allylic oxidation sites excluding steroid dienone is 1. The highest BCUT2D eigenvalue weighted by molar-refractivity contribution is 6.03. The van der Waals surface area contributed by atoms with Crippen molar-refractivity contribution in [2.24, 2.45) is 22.9 Å². The first-order valence-electron chi connectivity index (χ1n) is 25.0. The van der Waals surface area contributed by atoms with Crippen molar-refractivity contribution in [3.63, 3.8) is 0 Å². The first-order chi connectivity index (χ1) is 33.2. The number of nitro groups is 1. The molecule has 1 saturated carbocycles. The molecule has 0 radical (unpaired) electrons. The van der Waals surface area contributed by atoms with Gasteiger partial charge in [-0.05, 0) is 91.5 Å². The molecule has 14 nitrogen and oxygen atoms in total. The molecule has 68 heavy (non-hydrogen) atoms. The summed E-state index contributed by atoms with van der Waals surface area (Å²) in [5, 5.41) is 36.4. The Hall–Kier alpha value is -5.44. The maximum atomic E-state index is 15.2. The maximum Gasteiger partial charge on any atom is 0.273 e. The van der Waals surface area contributed by atoms with E-state index in [0.717, 1.165) is 68.1 Å². The van der Waals surface area contributed by atoms with Crippen molar-refractivity contribution < 1.29 is 48.5 Å². The fourth-order valence-corrected chi connectivity index (χ4v) is 11.0. The van der Waals surface area contributed by atoms with E-state index >= 15 is 4.79 Å². The topological polar surface area (TPSA) is 172 Å². The maximum absolute atomic E-state index is 15.2. The van der Waals surface area contributed by atoms with Gasteiger partial charge in [0.1, 0.15) is 30.4 Å². The molecule has 0 unspecified atom stereocenters. The number of hydrogen-bond acceptors (Lipinski definition) is 12. The number of ether oxygens (including phenoxy) is 5. The van der Waals surface area contributed by atoms with Crippen LogP contribution >= 0.6 is 0 Å². The molecule has 7 rings (SSSR count). The number of carbonyl (C=O) groups excluding carboxylic acids is 1. The van der Waals surface area contributed by atoms with Gasteiger partial charge in [0.25, 0.3) is 5.69 Å². The average Bonchev–Trinajstić information content (AvgIpc) is 3.82. The molecule has 1 fully saturated rings. The largest absolute Gasteiger partial charge is 0.459 e. The van der Waals surface area contributed by atoms with Crippen LogP contribution in [-0.2, 0) is 20.9 Å². The lowest BCUT2D eigenvalue weighted by Crippen LogP contribution is -2.70. The second kappa shape index (κ2) is 24.7. The average molecular weight is 938 g/mol. The SMILES string of the molecule is C=CCO[C@@]12Oc3ccc(Oc4cccc([N+](=O)[O-])c4)cc3[C@H]3[C@H](CCCCO)[C@@H](CCCCO)C=C(C(=NOC)C[C@@H]1N(Cc1ccc4c(c1)OCO4)C(=O)CCCCCCCCCCC)[C@H]32. The standard InChI is InChI=1S/C54H71N3O11/c1-4-6-7-8-9-10-11-12-13-23-51(60)56(36-38-24-26-48-49(31-38)65-37-64-48)50-35-46(55-63-3)44-32-39(19-14-16-28-58)43(22-15-17-29-59)52-45-34-42(67-41-21-18-20-40(33-41)57(61)62)25-27-47(45)68-54(50,53(44)52)66-30-5-2/h5,18,20-21,24-27,31-34,39,43,50,52-53,58-59H,2,4,6-17,19,22-23,28-30,35-37H2,1,3H3/t39-,43+,50-,52+,53+,54+/m0/s1. The van der Waals surface area contributed by atoms with Crippen LogP contribution in [0, 0.1) is 27.9 Å². The number of aliphatic hydroxyl groups excluding tert-OH is 2. The molecule has 3 aromatic carbocycles. The van der Waals surface area contributed by atoms with Crippen LogP contribution < -0.4 is 18.9 Å². The number of nitrogens with zero attached hydrogens (tertiary/aromatic N) is 3. The van der Waals surface area contributed by atoms with Crippen LogP contribution in [0.5, 0.6) is 28.7 Å². The van der Waals surface area contributed by atoms with Crippen LogP contribution in [0.3, 0.4) is 0 Å². The highest BCUT2D eigenvalue weighted by Crippen LogP contribution is 2.62. The number of oxime groups is 1. The van der Waals surface area contributed by atoms with Crippen molar-refractivity contribution in [1.82, 2.24) is 4.90 Å². The zero-order valence-corrected chi connectivity index (χ0v) is 40.0. The Labute approximate surface area is 401 Å². The molecule has 0 spiro atoms. The smallest absolute Gasteiger partial charge is 0.273 e. The predicted molar refractivity (Wildman–Crippen MR) is 260 cm³/mol. The van der Waals surface area contributed by atoms with Crippen LogP contribution in [0.25, 0.3) is 0 Å². The number of hydrogen-bond donors (Lipinski definition) is 2. The number of aliphatic hydroxyl groups is 2. The van der Waals surface area contributed by atoms with E-state index in [2.05, 4.69) is 19.6 Å². The lowest BCUT2D eigenvalue weighted by molar-refractivity contribution is -0.384. The summed E-state index contributed by atoms with van der Waals surface area (Å²) in [6.07, 6.45) is 19.2. The quantitative estimate of drug-likeness (QED) is 0.0307. The minimum absolute atomic E-state index is 0.000981. The fraction of sp³-hybridized carbons (Fsp3) is 0.556. The summed E-state index contributed by atoms with van der Waals surface area (Å²) in [5.41, 5.74) is 3.29. The summed E-state index contributed by atoms with van der Waals surface area (Å²) in [4.78, 5) is 34.1. The normalized spacial score (nSPS) is 22.7. The molecule has 0 bridgehead atoms. The molecule has 1 amide bonds. The van der Waals surface area contributed by atoms with E-state index in [0.29, 0.717) is 53.7 Å². The summed E-state index contributed by atoms with van der Waals surface area (Å²) >= 11 is 0. The molecule has 6 atom stereocenters. The second-order valence-corrected chi connectivity index (χ2v) is 18.6. The minimum Gasteiger partial charge on any atom is -0.459 e. The zero-order chi connectivity index (χ0) is 47.9. The highest BCUT2D eigenvalue weighted by Gasteiger charge is 2.65. The molecule has 368 valence electrons. The van der Waals surface area contributed by atoms with Crippen LogP contribution in [0.4, 0.5) is 5.69 Å². The van der Waals surface area contributed by atoms with Crippen molar-refractivity contribution in [3.05, 3.63) is 106 Å². The lowest BCUT2D eigenvalue weighted by atomic mass is 9.55. The van der Waals surface area contributed by atoms with Gasteiger partial charge in [0.2, 0.25) is 18.5 Å². The van der Waals surface area contributed by atoms with Gasteiger partial charge in [-0.1, -0.05) is 101 Å². The Morgan fingerprint density at radius 1 is 0.897 bits per heavy atom. The van der Waals surface area contributed by atoms with Gasteiger partial charge in [-0.2, -0.15) is 0 Å². The van der Waals surface area contributed by atoms with E-state index in [1.807, 2.05) is 35.2 Å². The van der Waals surface area contributed by atoms with Gasteiger partial charge >= 0.3 is 0 Å². The van der Waals surface area contributed by atoms with Gasteiger partial charge in [0, 0.05) is 50.1 Å². The van der Waals surface area contributed by atoms with Gasteiger partial charge in [-0.25, -0.2) is 0 Å². The summed E-state index contributed by atoms with van der Waals surface area (Å²) in [6.45, 7) is 6.95. The van der Waals surface area contributed by atoms with Crippen LogP contribution in [-0.4, -0.2) is 77.2 Å². The Morgan fingerprint density at radius 3 is 2.35 bits per heavy atom. The molecule has 2 aliphatic carbocycles. The molecular weight excluding hydrogens is 867 g/mol. The van der Waals surface area contributed by atoms with E-state index < -0.39 is 22.7 Å². The predicted octanol–water partition coefficient (Wildman–Crippen LogP) is 11.3.